The first-order valence-corrected chi connectivity index (χ1v) is 14.0. The lowest BCUT2D eigenvalue weighted by molar-refractivity contribution is -0.139. The number of hydrogen-bond acceptors (Lipinski definition) is 4. The van der Waals surface area contributed by atoms with Crippen LogP contribution in [-0.4, -0.2) is 43.8 Å². The zero-order valence-electron chi connectivity index (χ0n) is 22.1. The minimum Gasteiger partial charge on any atom is -0.352 e. The summed E-state index contributed by atoms with van der Waals surface area (Å²) in [5.41, 5.74) is 1.76. The normalized spacial score (nSPS) is 12.2. The van der Waals surface area contributed by atoms with E-state index in [0.717, 1.165) is 9.87 Å². The molecule has 2 amide bonds. The van der Waals surface area contributed by atoms with Crippen LogP contribution in [0.25, 0.3) is 0 Å². The summed E-state index contributed by atoms with van der Waals surface area (Å²) < 4.78 is 42.3. The van der Waals surface area contributed by atoms with E-state index in [4.69, 9.17) is 0 Å². The molecule has 1 N–H and O–H groups in total. The first-order valence-electron chi connectivity index (χ1n) is 12.5. The van der Waals surface area contributed by atoms with Crippen molar-refractivity contribution in [3.8, 4) is 0 Å². The second-order valence-corrected chi connectivity index (χ2v) is 11.2. The molecule has 1 atom stereocenters. The van der Waals surface area contributed by atoms with Crippen LogP contribution in [0.2, 0.25) is 0 Å². The third-order valence-corrected chi connectivity index (χ3v) is 7.89. The molecule has 0 spiro atoms. The second-order valence-electron chi connectivity index (χ2n) is 9.29. The van der Waals surface area contributed by atoms with Crippen LogP contribution in [0.5, 0.6) is 0 Å². The lowest BCUT2D eigenvalue weighted by atomic mass is 10.1. The van der Waals surface area contributed by atoms with E-state index in [-0.39, 0.29) is 23.4 Å². The number of aryl methyl sites for hydroxylation is 1. The Morgan fingerprint density at radius 3 is 2.11 bits per heavy atom. The Morgan fingerprint density at radius 2 is 1.50 bits per heavy atom. The summed E-state index contributed by atoms with van der Waals surface area (Å²) >= 11 is 0. The highest BCUT2D eigenvalue weighted by atomic mass is 32.2. The third kappa shape index (κ3) is 6.98. The molecule has 9 heteroatoms. The van der Waals surface area contributed by atoms with Crippen molar-refractivity contribution in [1.82, 2.24) is 10.2 Å². The predicted octanol–water partition coefficient (Wildman–Crippen LogP) is 4.53. The molecule has 0 radical (unpaired) electrons. The van der Waals surface area contributed by atoms with E-state index in [9.17, 15) is 22.4 Å². The summed E-state index contributed by atoms with van der Waals surface area (Å²) in [6.07, 6.45) is 0.553. The van der Waals surface area contributed by atoms with Gasteiger partial charge >= 0.3 is 0 Å². The first kappa shape index (κ1) is 28.8. The Bertz CT molecular complexity index is 1350. The average molecular weight is 540 g/mol. The number of carbonyl (C=O) groups excluding carboxylic acids is 2. The van der Waals surface area contributed by atoms with Crippen molar-refractivity contribution in [3.63, 3.8) is 0 Å². The standard InChI is InChI=1S/C29H34FN3O4S/c1-5-24-11-9-10-14-27(24)33(38(36,37)26-12-7-6-8-13-26)20-28(34)32(22(4)29(35)31-21(2)3)19-23-15-17-25(30)18-16-23/h6-18,21-22H,5,19-20H2,1-4H3,(H,31,35). The summed E-state index contributed by atoms with van der Waals surface area (Å²) in [6, 6.07) is 19.5. The van der Waals surface area contributed by atoms with Gasteiger partial charge in [0.1, 0.15) is 18.4 Å². The maximum absolute atomic E-state index is 13.9. The molecule has 3 aromatic carbocycles. The van der Waals surface area contributed by atoms with Gasteiger partial charge in [-0.3, -0.25) is 13.9 Å². The fraction of sp³-hybridized carbons (Fsp3) is 0.310. The van der Waals surface area contributed by atoms with Crippen molar-refractivity contribution >= 4 is 27.5 Å². The number of nitrogens with one attached hydrogen (secondary N) is 1. The SMILES string of the molecule is CCc1ccccc1N(CC(=O)N(Cc1ccc(F)cc1)C(C)C(=O)NC(C)C)S(=O)(=O)c1ccccc1. The molecular weight excluding hydrogens is 505 g/mol. The highest BCUT2D eigenvalue weighted by molar-refractivity contribution is 7.92. The summed E-state index contributed by atoms with van der Waals surface area (Å²) in [4.78, 5) is 28.2. The first-order chi connectivity index (χ1) is 18.0. The molecule has 0 aromatic heterocycles. The van der Waals surface area contributed by atoms with Crippen LogP contribution in [0.4, 0.5) is 10.1 Å². The lowest BCUT2D eigenvalue weighted by Gasteiger charge is -2.33. The lowest BCUT2D eigenvalue weighted by Crippen LogP contribution is -2.52. The monoisotopic (exact) mass is 539 g/mol. The number of nitrogens with zero attached hydrogens (tertiary/aromatic N) is 2. The van der Waals surface area contributed by atoms with Gasteiger partial charge in [-0.1, -0.05) is 55.5 Å². The van der Waals surface area contributed by atoms with Crippen molar-refractivity contribution in [3.05, 3.63) is 95.8 Å². The molecule has 7 nitrogen and oxygen atoms in total. The van der Waals surface area contributed by atoms with Crippen LogP contribution >= 0.6 is 0 Å². The third-order valence-electron chi connectivity index (χ3n) is 6.12. The van der Waals surface area contributed by atoms with E-state index < -0.39 is 34.3 Å². The molecule has 0 saturated carbocycles. The smallest absolute Gasteiger partial charge is 0.264 e. The van der Waals surface area contributed by atoms with Crippen LogP contribution in [0.1, 0.15) is 38.8 Å². The van der Waals surface area contributed by atoms with Crippen molar-refractivity contribution < 1.29 is 22.4 Å². The molecule has 0 aliphatic rings. The van der Waals surface area contributed by atoms with Gasteiger partial charge in [-0.25, -0.2) is 12.8 Å². The number of rotatable bonds is 11. The molecule has 0 bridgehead atoms. The van der Waals surface area contributed by atoms with Gasteiger partial charge in [0.25, 0.3) is 10.0 Å². The van der Waals surface area contributed by atoms with Gasteiger partial charge in [-0.05, 0) is 68.7 Å². The van der Waals surface area contributed by atoms with Gasteiger partial charge < -0.3 is 10.2 Å². The van der Waals surface area contributed by atoms with E-state index in [0.29, 0.717) is 17.7 Å². The largest absolute Gasteiger partial charge is 0.352 e. The summed E-state index contributed by atoms with van der Waals surface area (Å²) in [6.45, 7) is 6.61. The average Bonchev–Trinajstić information content (AvgIpc) is 2.90. The Morgan fingerprint density at radius 1 is 0.895 bits per heavy atom. The number of anilines is 1. The molecule has 0 saturated heterocycles. The van der Waals surface area contributed by atoms with E-state index in [1.54, 1.807) is 37.3 Å². The van der Waals surface area contributed by atoms with Gasteiger partial charge in [0, 0.05) is 12.6 Å². The Hall–Kier alpha value is -3.72. The molecule has 3 rings (SSSR count). The van der Waals surface area contributed by atoms with Crippen molar-refractivity contribution in [1.29, 1.82) is 0 Å². The Balaban J connectivity index is 2.05. The molecule has 0 heterocycles. The van der Waals surface area contributed by atoms with Crippen LogP contribution in [0, 0.1) is 5.82 Å². The number of benzene rings is 3. The van der Waals surface area contributed by atoms with E-state index in [1.165, 1.54) is 41.3 Å². The number of halogens is 1. The molecule has 0 aliphatic heterocycles. The quantitative estimate of drug-likeness (QED) is 0.388. The van der Waals surface area contributed by atoms with E-state index in [1.807, 2.05) is 32.9 Å². The Kier molecular flexibility index (Phi) is 9.63. The second kappa shape index (κ2) is 12.7. The van der Waals surface area contributed by atoms with Crippen LogP contribution < -0.4 is 9.62 Å². The van der Waals surface area contributed by atoms with Crippen LogP contribution in [0.3, 0.4) is 0 Å². The van der Waals surface area contributed by atoms with E-state index >= 15 is 0 Å². The van der Waals surface area contributed by atoms with Gasteiger partial charge in [0.05, 0.1) is 10.6 Å². The van der Waals surface area contributed by atoms with Gasteiger partial charge in [0.15, 0.2) is 0 Å². The Labute approximate surface area is 224 Å². The highest BCUT2D eigenvalue weighted by Crippen LogP contribution is 2.28. The van der Waals surface area contributed by atoms with E-state index in [2.05, 4.69) is 5.32 Å². The number of sulfonamides is 1. The number of amides is 2. The zero-order chi connectivity index (χ0) is 27.9. The van der Waals surface area contributed by atoms with Crippen molar-refractivity contribution in [2.75, 3.05) is 10.8 Å². The highest BCUT2D eigenvalue weighted by Gasteiger charge is 2.33. The fourth-order valence-corrected chi connectivity index (χ4v) is 5.53. The number of hydrogen-bond donors (Lipinski definition) is 1. The summed E-state index contributed by atoms with van der Waals surface area (Å²) in [5.74, 6) is -1.36. The van der Waals surface area contributed by atoms with Gasteiger partial charge in [0.2, 0.25) is 11.8 Å². The fourth-order valence-electron chi connectivity index (χ4n) is 4.06. The molecule has 0 fully saturated rings. The van der Waals surface area contributed by atoms with Crippen molar-refractivity contribution in [2.24, 2.45) is 0 Å². The van der Waals surface area contributed by atoms with Gasteiger partial charge in [-0.2, -0.15) is 0 Å². The molecule has 3 aromatic rings. The van der Waals surface area contributed by atoms with Crippen LogP contribution in [0.15, 0.2) is 83.8 Å². The summed E-state index contributed by atoms with van der Waals surface area (Å²) in [7, 11) is -4.12. The molecular formula is C29H34FN3O4S. The maximum Gasteiger partial charge on any atom is 0.264 e. The minimum absolute atomic E-state index is 0.000441. The number of carbonyl (C=O) groups is 2. The van der Waals surface area contributed by atoms with Gasteiger partial charge in [-0.15, -0.1) is 0 Å². The van der Waals surface area contributed by atoms with Crippen LogP contribution in [-0.2, 0) is 32.6 Å². The molecule has 38 heavy (non-hydrogen) atoms. The topological polar surface area (TPSA) is 86.8 Å². The zero-order valence-corrected chi connectivity index (χ0v) is 22.9. The molecule has 202 valence electrons. The number of para-hydroxylation sites is 1. The maximum atomic E-state index is 13.9. The molecule has 0 aliphatic carbocycles. The molecule has 1 unspecified atom stereocenters. The summed E-state index contributed by atoms with van der Waals surface area (Å²) in [5, 5.41) is 2.81. The minimum atomic E-state index is -4.12. The predicted molar refractivity (Wildman–Crippen MR) is 146 cm³/mol. The van der Waals surface area contributed by atoms with Crippen molar-refractivity contribution in [2.45, 2.75) is 57.6 Å².